The Morgan fingerprint density at radius 2 is 2.12 bits per heavy atom. The molecule has 1 aliphatic heterocycles. The molecular weight excluding hydrogens is 330 g/mol. The molecule has 26 heavy (non-hydrogen) atoms. The predicted octanol–water partition coefficient (Wildman–Crippen LogP) is 1.67. The number of pyridine rings is 1. The van der Waals surface area contributed by atoms with Crippen molar-refractivity contribution < 1.29 is 14.6 Å². The van der Waals surface area contributed by atoms with Crippen molar-refractivity contribution in [1.29, 1.82) is 0 Å². The Morgan fingerprint density at radius 3 is 2.88 bits per heavy atom. The van der Waals surface area contributed by atoms with E-state index in [2.05, 4.69) is 27.8 Å². The first-order valence-corrected chi connectivity index (χ1v) is 8.91. The van der Waals surface area contributed by atoms with Gasteiger partial charge in [-0.05, 0) is 37.5 Å². The van der Waals surface area contributed by atoms with Crippen molar-refractivity contribution in [2.75, 3.05) is 6.54 Å². The van der Waals surface area contributed by atoms with Gasteiger partial charge in [0, 0.05) is 25.3 Å². The van der Waals surface area contributed by atoms with Gasteiger partial charge < -0.3 is 20.5 Å². The maximum absolute atomic E-state index is 12.3. The van der Waals surface area contributed by atoms with E-state index in [-0.39, 0.29) is 24.6 Å². The van der Waals surface area contributed by atoms with Crippen LogP contribution in [0.3, 0.4) is 0 Å². The van der Waals surface area contributed by atoms with E-state index < -0.39 is 6.10 Å². The van der Waals surface area contributed by atoms with Gasteiger partial charge in [0.05, 0.1) is 24.0 Å². The minimum atomic E-state index is -0.671. The molecule has 2 aromatic rings. The fraction of sp³-hybridized carbons (Fsp3) is 0.400. The fourth-order valence-corrected chi connectivity index (χ4v) is 3.07. The maximum Gasteiger partial charge on any atom is 0.253 e. The van der Waals surface area contributed by atoms with Crippen LogP contribution in [0.15, 0.2) is 42.7 Å². The Hall–Kier alpha value is -2.44. The average molecular weight is 355 g/mol. The summed E-state index contributed by atoms with van der Waals surface area (Å²) < 4.78 is 5.56. The van der Waals surface area contributed by atoms with Crippen LogP contribution in [0.1, 0.15) is 35.3 Å². The third-order valence-corrected chi connectivity index (χ3v) is 4.40. The van der Waals surface area contributed by atoms with E-state index in [4.69, 9.17) is 4.74 Å². The number of aliphatic hydroxyl groups excluding tert-OH is 1. The minimum Gasteiger partial charge on any atom is -0.489 e. The second kappa shape index (κ2) is 8.29. The minimum absolute atomic E-state index is 0.0113. The van der Waals surface area contributed by atoms with Gasteiger partial charge in [0.25, 0.3) is 5.91 Å². The third kappa shape index (κ3) is 4.59. The van der Waals surface area contributed by atoms with Gasteiger partial charge in [-0.2, -0.15) is 0 Å². The quantitative estimate of drug-likeness (QED) is 0.734. The van der Waals surface area contributed by atoms with Crippen LogP contribution in [-0.4, -0.2) is 40.8 Å². The Morgan fingerprint density at radius 1 is 1.35 bits per heavy atom. The van der Waals surface area contributed by atoms with Crippen molar-refractivity contribution in [3.05, 3.63) is 59.4 Å². The van der Waals surface area contributed by atoms with Gasteiger partial charge in [-0.25, -0.2) is 0 Å². The highest BCUT2D eigenvalue weighted by Gasteiger charge is 2.24. The molecule has 1 amide bonds. The van der Waals surface area contributed by atoms with Crippen molar-refractivity contribution in [1.82, 2.24) is 15.6 Å². The molecule has 0 aliphatic carbocycles. The lowest BCUT2D eigenvalue weighted by Gasteiger charge is -2.30. The van der Waals surface area contributed by atoms with Crippen molar-refractivity contribution >= 4 is 5.91 Å². The summed E-state index contributed by atoms with van der Waals surface area (Å²) in [6, 6.07) is 9.77. The second-order valence-corrected chi connectivity index (χ2v) is 6.81. The zero-order valence-corrected chi connectivity index (χ0v) is 15.1. The molecule has 3 N–H and O–H groups in total. The molecule has 2 atom stereocenters. The molecule has 0 bridgehead atoms. The number of carbonyl (C=O) groups excluding carboxylic acids is 1. The molecule has 0 saturated heterocycles. The second-order valence-electron chi connectivity index (χ2n) is 6.81. The molecule has 0 spiro atoms. The Labute approximate surface area is 153 Å². The lowest BCUT2D eigenvalue weighted by atomic mass is 9.93. The highest BCUT2D eigenvalue weighted by atomic mass is 16.5. The van der Waals surface area contributed by atoms with Crippen molar-refractivity contribution in [2.24, 2.45) is 0 Å². The number of nitrogens with one attached hydrogen (secondary N) is 2. The lowest BCUT2D eigenvalue weighted by Crippen LogP contribution is -2.49. The summed E-state index contributed by atoms with van der Waals surface area (Å²) in [5, 5.41) is 16.6. The first kappa shape index (κ1) is 18.4. The number of nitrogens with zero attached hydrogens (tertiary/aromatic N) is 1. The monoisotopic (exact) mass is 355 g/mol. The summed E-state index contributed by atoms with van der Waals surface area (Å²) in [5.41, 5.74) is 2.91. The fourth-order valence-electron chi connectivity index (χ4n) is 3.07. The molecule has 0 fully saturated rings. The Kier molecular flexibility index (Phi) is 5.85. The van der Waals surface area contributed by atoms with Gasteiger partial charge >= 0.3 is 0 Å². The van der Waals surface area contributed by atoms with E-state index in [9.17, 15) is 9.90 Å². The van der Waals surface area contributed by atoms with Gasteiger partial charge in [-0.1, -0.05) is 24.3 Å². The number of carbonyl (C=O) groups is 1. The van der Waals surface area contributed by atoms with Crippen LogP contribution in [-0.2, 0) is 13.0 Å². The molecule has 3 rings (SSSR count). The number of amides is 1. The summed E-state index contributed by atoms with van der Waals surface area (Å²) in [6.07, 6.45) is 3.15. The van der Waals surface area contributed by atoms with E-state index in [1.54, 1.807) is 12.3 Å². The number of ether oxygens (including phenoxy) is 1. The van der Waals surface area contributed by atoms with E-state index in [0.29, 0.717) is 11.3 Å². The van der Waals surface area contributed by atoms with Crippen LogP contribution in [0, 0.1) is 0 Å². The first-order chi connectivity index (χ1) is 12.5. The van der Waals surface area contributed by atoms with Gasteiger partial charge in [0.15, 0.2) is 0 Å². The molecule has 0 radical (unpaired) electrons. The molecule has 1 aromatic heterocycles. The lowest BCUT2D eigenvalue weighted by molar-refractivity contribution is 0.0869. The van der Waals surface area contributed by atoms with Crippen LogP contribution >= 0.6 is 0 Å². The van der Waals surface area contributed by atoms with Crippen LogP contribution < -0.4 is 15.4 Å². The highest BCUT2D eigenvalue weighted by Crippen LogP contribution is 2.18. The number of fused-ring (bicyclic) bond motifs is 1. The summed E-state index contributed by atoms with van der Waals surface area (Å²) in [7, 11) is 0. The Balaban J connectivity index is 1.55. The number of aromatic nitrogens is 1. The van der Waals surface area contributed by atoms with Crippen molar-refractivity contribution in [3.63, 3.8) is 0 Å². The normalized spacial score (nSPS) is 17.5. The molecule has 6 heteroatoms. The molecule has 6 nitrogen and oxygen atoms in total. The van der Waals surface area contributed by atoms with Crippen LogP contribution in [0.25, 0.3) is 0 Å². The summed E-state index contributed by atoms with van der Waals surface area (Å²) in [6.45, 7) is 4.73. The largest absolute Gasteiger partial charge is 0.489 e. The van der Waals surface area contributed by atoms with Crippen molar-refractivity contribution in [3.8, 4) is 5.75 Å². The van der Waals surface area contributed by atoms with Gasteiger partial charge in [0.1, 0.15) is 5.75 Å². The molecule has 1 aliphatic rings. The molecule has 1 unspecified atom stereocenters. The predicted molar refractivity (Wildman–Crippen MR) is 99.1 cm³/mol. The summed E-state index contributed by atoms with van der Waals surface area (Å²) >= 11 is 0. The number of aliphatic hydroxyl groups is 1. The van der Waals surface area contributed by atoms with Crippen molar-refractivity contribution in [2.45, 2.75) is 45.1 Å². The summed E-state index contributed by atoms with van der Waals surface area (Å²) in [4.78, 5) is 16.4. The SMILES string of the molecule is CC(C)Oc1cncc(C(=O)NCC(O)[C@@H]2Cc3ccccc3CN2)c1. The number of hydrogen-bond donors (Lipinski definition) is 3. The van der Waals surface area contributed by atoms with E-state index in [1.807, 2.05) is 26.0 Å². The molecule has 138 valence electrons. The molecule has 2 heterocycles. The number of rotatable bonds is 6. The average Bonchev–Trinajstić information content (AvgIpc) is 2.65. The van der Waals surface area contributed by atoms with Crippen LogP contribution in [0.4, 0.5) is 0 Å². The highest BCUT2D eigenvalue weighted by molar-refractivity contribution is 5.94. The van der Waals surface area contributed by atoms with Gasteiger partial charge in [-0.3, -0.25) is 9.78 Å². The van der Waals surface area contributed by atoms with E-state index in [0.717, 1.165) is 13.0 Å². The smallest absolute Gasteiger partial charge is 0.253 e. The molecule has 1 aromatic carbocycles. The van der Waals surface area contributed by atoms with E-state index in [1.165, 1.54) is 17.3 Å². The molecular formula is C20H25N3O3. The van der Waals surface area contributed by atoms with Gasteiger partial charge in [0.2, 0.25) is 0 Å². The van der Waals surface area contributed by atoms with E-state index >= 15 is 0 Å². The third-order valence-electron chi connectivity index (χ3n) is 4.40. The first-order valence-electron chi connectivity index (χ1n) is 8.91. The van der Waals surface area contributed by atoms with Crippen LogP contribution in [0.5, 0.6) is 5.75 Å². The molecule has 0 saturated carbocycles. The van der Waals surface area contributed by atoms with Crippen LogP contribution in [0.2, 0.25) is 0 Å². The zero-order chi connectivity index (χ0) is 18.5. The maximum atomic E-state index is 12.3. The summed E-state index contributed by atoms with van der Waals surface area (Å²) in [5.74, 6) is 0.278. The standard InChI is InChI=1S/C20H25N3O3/c1-13(2)26-17-7-16(9-21-11-17)20(25)23-12-19(24)18-8-14-5-3-4-6-15(14)10-22-18/h3-7,9,11,13,18-19,22,24H,8,10,12H2,1-2H3,(H,23,25)/t18-,19?/m0/s1. The van der Waals surface area contributed by atoms with Gasteiger partial charge in [-0.15, -0.1) is 0 Å². The number of hydrogen-bond acceptors (Lipinski definition) is 5. The zero-order valence-electron chi connectivity index (χ0n) is 15.1. The Bertz CT molecular complexity index is 763. The number of benzene rings is 1. The topological polar surface area (TPSA) is 83.5 Å².